The van der Waals surface area contributed by atoms with Crippen LogP contribution in [-0.4, -0.2) is 27.3 Å². The van der Waals surface area contributed by atoms with Crippen molar-refractivity contribution in [2.75, 3.05) is 0 Å². The number of rotatable bonds is 4. The molecule has 6 nitrogen and oxygen atoms in total. The van der Waals surface area contributed by atoms with Gasteiger partial charge in [-0.2, -0.15) is 0 Å². The summed E-state index contributed by atoms with van der Waals surface area (Å²) < 4.78 is 0. The predicted octanol–water partition coefficient (Wildman–Crippen LogP) is 0.621. The highest BCUT2D eigenvalue weighted by atomic mass is 16.2. The molecule has 19 heavy (non-hydrogen) atoms. The van der Waals surface area contributed by atoms with Crippen LogP contribution in [0.25, 0.3) is 0 Å². The van der Waals surface area contributed by atoms with E-state index in [1.54, 1.807) is 13.8 Å². The minimum atomic E-state index is -0.472. The molecule has 3 N–H and O–H groups in total. The highest BCUT2D eigenvalue weighted by Crippen LogP contribution is 2.35. The predicted molar refractivity (Wildman–Crippen MR) is 69.4 cm³/mol. The van der Waals surface area contributed by atoms with Crippen molar-refractivity contribution in [3.8, 4) is 0 Å². The van der Waals surface area contributed by atoms with E-state index in [0.29, 0.717) is 17.1 Å². The standard InChI is InChI=1S/C13H18N4O2/c1-8-10(7-15-9(2)16-8)12(19)17-13(4-3-5-13)6-11(14)18/h7H,3-6H2,1-2H3,(H2,14,18)(H,17,19). The molecule has 1 aliphatic rings. The number of hydrogen-bond donors (Lipinski definition) is 2. The number of nitrogens with zero attached hydrogens (tertiary/aromatic N) is 2. The van der Waals surface area contributed by atoms with E-state index >= 15 is 0 Å². The molecule has 2 amide bonds. The number of aromatic nitrogens is 2. The first kappa shape index (κ1) is 13.5. The van der Waals surface area contributed by atoms with Crippen LogP contribution in [0, 0.1) is 13.8 Å². The number of primary amides is 1. The molecule has 0 unspecified atom stereocenters. The zero-order valence-corrected chi connectivity index (χ0v) is 11.2. The first-order valence-corrected chi connectivity index (χ1v) is 6.33. The molecule has 0 aromatic carbocycles. The van der Waals surface area contributed by atoms with E-state index in [0.717, 1.165) is 19.3 Å². The van der Waals surface area contributed by atoms with Crippen LogP contribution in [0.15, 0.2) is 6.20 Å². The molecule has 1 heterocycles. The Kier molecular flexibility index (Phi) is 3.50. The van der Waals surface area contributed by atoms with Gasteiger partial charge in [0.1, 0.15) is 5.82 Å². The van der Waals surface area contributed by atoms with Crippen LogP contribution in [0.2, 0.25) is 0 Å². The monoisotopic (exact) mass is 262 g/mol. The van der Waals surface area contributed by atoms with Crippen LogP contribution in [-0.2, 0) is 4.79 Å². The van der Waals surface area contributed by atoms with Gasteiger partial charge in [-0.05, 0) is 33.1 Å². The van der Waals surface area contributed by atoms with Gasteiger partial charge < -0.3 is 11.1 Å². The zero-order chi connectivity index (χ0) is 14.0. The van der Waals surface area contributed by atoms with Crippen molar-refractivity contribution in [3.63, 3.8) is 0 Å². The van der Waals surface area contributed by atoms with Crippen molar-refractivity contribution in [2.45, 2.75) is 45.1 Å². The van der Waals surface area contributed by atoms with Crippen molar-refractivity contribution >= 4 is 11.8 Å². The largest absolute Gasteiger partial charge is 0.370 e. The molecule has 102 valence electrons. The Morgan fingerprint density at radius 3 is 2.58 bits per heavy atom. The number of amides is 2. The lowest BCUT2D eigenvalue weighted by Crippen LogP contribution is -2.55. The molecule has 1 aromatic rings. The average Bonchev–Trinajstić information content (AvgIpc) is 2.25. The molecule has 0 bridgehead atoms. The highest BCUT2D eigenvalue weighted by Gasteiger charge is 2.40. The first-order chi connectivity index (χ1) is 8.92. The maximum Gasteiger partial charge on any atom is 0.255 e. The minimum Gasteiger partial charge on any atom is -0.370 e. The summed E-state index contributed by atoms with van der Waals surface area (Å²) in [6.07, 6.45) is 4.27. The Hall–Kier alpha value is -1.98. The lowest BCUT2D eigenvalue weighted by atomic mass is 9.74. The van der Waals surface area contributed by atoms with Gasteiger partial charge in [0, 0.05) is 18.2 Å². The summed E-state index contributed by atoms with van der Waals surface area (Å²) in [5.41, 5.74) is 5.85. The van der Waals surface area contributed by atoms with Gasteiger partial charge in [0.25, 0.3) is 5.91 Å². The van der Waals surface area contributed by atoms with E-state index < -0.39 is 11.4 Å². The van der Waals surface area contributed by atoms with Crippen molar-refractivity contribution in [3.05, 3.63) is 23.3 Å². The van der Waals surface area contributed by atoms with Gasteiger partial charge in [-0.25, -0.2) is 9.97 Å². The smallest absolute Gasteiger partial charge is 0.255 e. The summed E-state index contributed by atoms with van der Waals surface area (Å²) in [7, 11) is 0. The van der Waals surface area contributed by atoms with Gasteiger partial charge in [-0.15, -0.1) is 0 Å². The third kappa shape index (κ3) is 2.89. The summed E-state index contributed by atoms with van der Waals surface area (Å²) in [6, 6.07) is 0. The fourth-order valence-electron chi connectivity index (χ4n) is 2.40. The van der Waals surface area contributed by atoms with E-state index in [-0.39, 0.29) is 12.3 Å². The van der Waals surface area contributed by atoms with Crippen molar-refractivity contribution < 1.29 is 9.59 Å². The number of nitrogens with two attached hydrogens (primary N) is 1. The number of carbonyl (C=O) groups is 2. The van der Waals surface area contributed by atoms with Crippen LogP contribution >= 0.6 is 0 Å². The van der Waals surface area contributed by atoms with Crippen molar-refractivity contribution in [2.24, 2.45) is 5.73 Å². The summed E-state index contributed by atoms with van der Waals surface area (Å²) in [4.78, 5) is 31.5. The number of aryl methyl sites for hydroxylation is 2. The third-order valence-electron chi connectivity index (χ3n) is 3.55. The number of nitrogens with one attached hydrogen (secondary N) is 1. The molecule has 1 aliphatic carbocycles. The Morgan fingerprint density at radius 1 is 1.42 bits per heavy atom. The summed E-state index contributed by atoms with van der Waals surface area (Å²) in [6.45, 7) is 3.54. The molecule has 1 aromatic heterocycles. The Morgan fingerprint density at radius 2 is 2.11 bits per heavy atom. The third-order valence-corrected chi connectivity index (χ3v) is 3.55. The van der Waals surface area contributed by atoms with Crippen LogP contribution in [0.4, 0.5) is 0 Å². The maximum atomic E-state index is 12.2. The van der Waals surface area contributed by atoms with Gasteiger partial charge in [0.15, 0.2) is 0 Å². The van der Waals surface area contributed by atoms with Crippen LogP contribution in [0.5, 0.6) is 0 Å². The molecule has 0 radical (unpaired) electrons. The molecular weight excluding hydrogens is 244 g/mol. The Balaban J connectivity index is 2.13. The second kappa shape index (κ2) is 4.95. The van der Waals surface area contributed by atoms with Gasteiger partial charge in [0.2, 0.25) is 5.91 Å². The Labute approximate surface area is 111 Å². The lowest BCUT2D eigenvalue weighted by Gasteiger charge is -2.41. The van der Waals surface area contributed by atoms with Gasteiger partial charge in [-0.3, -0.25) is 9.59 Å². The molecule has 2 rings (SSSR count). The fraction of sp³-hybridized carbons (Fsp3) is 0.538. The molecular formula is C13H18N4O2. The highest BCUT2D eigenvalue weighted by molar-refractivity contribution is 5.95. The lowest BCUT2D eigenvalue weighted by molar-refractivity contribution is -0.120. The van der Waals surface area contributed by atoms with E-state index in [9.17, 15) is 9.59 Å². The van der Waals surface area contributed by atoms with Crippen molar-refractivity contribution in [1.82, 2.24) is 15.3 Å². The van der Waals surface area contributed by atoms with E-state index in [4.69, 9.17) is 5.73 Å². The normalized spacial score (nSPS) is 16.5. The van der Waals surface area contributed by atoms with Crippen LogP contribution < -0.4 is 11.1 Å². The van der Waals surface area contributed by atoms with Crippen molar-refractivity contribution in [1.29, 1.82) is 0 Å². The SMILES string of the molecule is Cc1ncc(C(=O)NC2(CC(N)=O)CCC2)c(C)n1. The molecule has 6 heteroatoms. The average molecular weight is 262 g/mol. The van der Waals surface area contributed by atoms with E-state index in [1.807, 2.05) is 0 Å². The van der Waals surface area contributed by atoms with Gasteiger partial charge in [0.05, 0.1) is 11.3 Å². The zero-order valence-electron chi connectivity index (χ0n) is 11.2. The molecule has 1 fully saturated rings. The van der Waals surface area contributed by atoms with E-state index in [2.05, 4.69) is 15.3 Å². The second-order valence-electron chi connectivity index (χ2n) is 5.15. The number of hydrogen-bond acceptors (Lipinski definition) is 4. The summed E-state index contributed by atoms with van der Waals surface area (Å²) in [5, 5.41) is 2.92. The molecule has 0 aliphatic heterocycles. The topological polar surface area (TPSA) is 98.0 Å². The van der Waals surface area contributed by atoms with Crippen LogP contribution in [0.1, 0.15) is 47.6 Å². The molecule has 1 saturated carbocycles. The summed E-state index contributed by atoms with van der Waals surface area (Å²) >= 11 is 0. The fourth-order valence-corrected chi connectivity index (χ4v) is 2.40. The molecule has 0 atom stereocenters. The molecule has 0 spiro atoms. The van der Waals surface area contributed by atoms with Crippen LogP contribution in [0.3, 0.4) is 0 Å². The minimum absolute atomic E-state index is 0.185. The van der Waals surface area contributed by atoms with Gasteiger partial charge >= 0.3 is 0 Å². The molecule has 0 saturated heterocycles. The summed E-state index contributed by atoms with van der Waals surface area (Å²) in [5.74, 6) is -0.000119. The Bertz CT molecular complexity index is 523. The number of carbonyl (C=O) groups excluding carboxylic acids is 2. The quantitative estimate of drug-likeness (QED) is 0.831. The van der Waals surface area contributed by atoms with E-state index in [1.165, 1.54) is 6.20 Å². The second-order valence-corrected chi connectivity index (χ2v) is 5.15. The van der Waals surface area contributed by atoms with Gasteiger partial charge in [-0.1, -0.05) is 0 Å². The maximum absolute atomic E-state index is 12.2. The first-order valence-electron chi connectivity index (χ1n) is 6.33.